The highest BCUT2D eigenvalue weighted by atomic mass is 32.2. The third-order valence-corrected chi connectivity index (χ3v) is 7.53. The summed E-state index contributed by atoms with van der Waals surface area (Å²) in [5.41, 5.74) is 2.15. The number of amides is 1. The number of carbonyl (C=O) groups is 1. The van der Waals surface area contributed by atoms with Crippen LogP contribution in [0.25, 0.3) is 0 Å². The number of nitrogens with zero attached hydrogens (tertiary/aromatic N) is 1. The zero-order valence-corrected chi connectivity index (χ0v) is 20.5. The first kappa shape index (κ1) is 25.1. The molecule has 0 aromatic heterocycles. The number of ether oxygens (including phenoxy) is 2. The van der Waals surface area contributed by atoms with E-state index in [0.717, 1.165) is 36.1 Å². The molecule has 180 valence electrons. The van der Waals surface area contributed by atoms with Gasteiger partial charge >= 0.3 is 0 Å². The maximum Gasteiger partial charge on any atom is 0.258 e. The molecule has 0 unspecified atom stereocenters. The van der Waals surface area contributed by atoms with Crippen LogP contribution in [0.3, 0.4) is 0 Å². The number of sulfonamides is 1. The van der Waals surface area contributed by atoms with Gasteiger partial charge in [0.05, 0.1) is 11.4 Å². The lowest BCUT2D eigenvalue weighted by Gasteiger charge is -2.25. The molecule has 33 heavy (non-hydrogen) atoms. The van der Waals surface area contributed by atoms with Crippen molar-refractivity contribution in [2.75, 3.05) is 32.8 Å². The molecular weight excluding hydrogens is 440 g/mol. The van der Waals surface area contributed by atoms with Gasteiger partial charge in [-0.3, -0.25) is 4.79 Å². The van der Waals surface area contributed by atoms with Crippen molar-refractivity contribution in [2.24, 2.45) is 0 Å². The SMILES string of the molecule is Cc1ccc(C(C)C)c(OCC(=O)NCCOc2ccc(S(=O)(=O)N3CCCCC3)cc2)c1. The molecule has 0 saturated carbocycles. The smallest absolute Gasteiger partial charge is 0.258 e. The lowest BCUT2D eigenvalue weighted by atomic mass is 10.0. The van der Waals surface area contributed by atoms with E-state index in [1.54, 1.807) is 28.6 Å². The van der Waals surface area contributed by atoms with Gasteiger partial charge < -0.3 is 14.8 Å². The average molecular weight is 475 g/mol. The van der Waals surface area contributed by atoms with Gasteiger partial charge in [-0.1, -0.05) is 32.4 Å². The van der Waals surface area contributed by atoms with Gasteiger partial charge in [-0.05, 0) is 67.1 Å². The molecule has 2 aromatic carbocycles. The van der Waals surface area contributed by atoms with Gasteiger partial charge in [-0.2, -0.15) is 4.31 Å². The summed E-state index contributed by atoms with van der Waals surface area (Å²) in [7, 11) is -3.45. The van der Waals surface area contributed by atoms with E-state index in [1.165, 1.54) is 0 Å². The normalized spacial score (nSPS) is 14.8. The maximum absolute atomic E-state index is 12.7. The number of aryl methyl sites for hydroxylation is 1. The van der Waals surface area contributed by atoms with Crippen LogP contribution in [0.1, 0.15) is 50.2 Å². The van der Waals surface area contributed by atoms with Crippen molar-refractivity contribution in [2.45, 2.75) is 50.8 Å². The number of carbonyl (C=O) groups excluding carboxylic acids is 1. The molecule has 1 aliphatic heterocycles. The van der Waals surface area contributed by atoms with Gasteiger partial charge in [-0.25, -0.2) is 8.42 Å². The van der Waals surface area contributed by atoms with Gasteiger partial charge in [0.15, 0.2) is 6.61 Å². The first-order chi connectivity index (χ1) is 15.8. The van der Waals surface area contributed by atoms with Gasteiger partial charge in [0, 0.05) is 13.1 Å². The minimum absolute atomic E-state index is 0.0633. The molecule has 7 nitrogen and oxygen atoms in total. The highest BCUT2D eigenvalue weighted by Gasteiger charge is 2.25. The van der Waals surface area contributed by atoms with Crippen LogP contribution in [-0.4, -0.2) is 51.5 Å². The highest BCUT2D eigenvalue weighted by Crippen LogP contribution is 2.27. The minimum Gasteiger partial charge on any atom is -0.492 e. The predicted octanol–water partition coefficient (Wildman–Crippen LogP) is 3.87. The van der Waals surface area contributed by atoms with Crippen molar-refractivity contribution in [3.05, 3.63) is 53.6 Å². The average Bonchev–Trinajstić information content (AvgIpc) is 2.81. The van der Waals surface area contributed by atoms with Crippen molar-refractivity contribution in [3.63, 3.8) is 0 Å². The maximum atomic E-state index is 12.7. The summed E-state index contributed by atoms with van der Waals surface area (Å²) in [6.45, 7) is 7.84. The summed E-state index contributed by atoms with van der Waals surface area (Å²) >= 11 is 0. The number of hydrogen-bond acceptors (Lipinski definition) is 5. The quantitative estimate of drug-likeness (QED) is 0.529. The van der Waals surface area contributed by atoms with E-state index in [-0.39, 0.29) is 24.0 Å². The molecule has 0 spiro atoms. The highest BCUT2D eigenvalue weighted by molar-refractivity contribution is 7.89. The molecule has 0 radical (unpaired) electrons. The molecule has 3 rings (SSSR count). The summed E-state index contributed by atoms with van der Waals surface area (Å²) in [6, 6.07) is 12.4. The van der Waals surface area contributed by atoms with E-state index < -0.39 is 10.0 Å². The van der Waals surface area contributed by atoms with Crippen LogP contribution < -0.4 is 14.8 Å². The molecule has 0 aliphatic carbocycles. The number of hydrogen-bond donors (Lipinski definition) is 1. The molecule has 1 saturated heterocycles. The minimum atomic E-state index is -3.45. The summed E-state index contributed by atoms with van der Waals surface area (Å²) < 4.78 is 38.3. The Kier molecular flexibility index (Phi) is 8.74. The predicted molar refractivity (Wildman–Crippen MR) is 128 cm³/mol. The van der Waals surface area contributed by atoms with E-state index >= 15 is 0 Å². The van der Waals surface area contributed by atoms with Crippen molar-refractivity contribution >= 4 is 15.9 Å². The Labute approximate surface area is 197 Å². The van der Waals surface area contributed by atoms with Crippen LogP contribution >= 0.6 is 0 Å². The summed E-state index contributed by atoms with van der Waals surface area (Å²) in [4.78, 5) is 12.4. The summed E-state index contributed by atoms with van der Waals surface area (Å²) in [6.07, 6.45) is 2.88. The van der Waals surface area contributed by atoms with Crippen LogP contribution in [0.2, 0.25) is 0 Å². The number of benzene rings is 2. The van der Waals surface area contributed by atoms with Crippen molar-refractivity contribution in [1.82, 2.24) is 9.62 Å². The fraction of sp³-hybridized carbons (Fsp3) is 0.480. The van der Waals surface area contributed by atoms with Gasteiger partial charge in [0.25, 0.3) is 5.91 Å². The first-order valence-corrected chi connectivity index (χ1v) is 12.9. The van der Waals surface area contributed by atoms with Crippen LogP contribution in [0.5, 0.6) is 11.5 Å². The molecule has 8 heteroatoms. The molecular formula is C25H34N2O5S. The van der Waals surface area contributed by atoms with Gasteiger partial charge in [0.2, 0.25) is 10.0 Å². The number of piperidine rings is 1. The topological polar surface area (TPSA) is 84.9 Å². The van der Waals surface area contributed by atoms with E-state index in [4.69, 9.17) is 9.47 Å². The van der Waals surface area contributed by atoms with Gasteiger partial charge in [-0.15, -0.1) is 0 Å². The Morgan fingerprint density at radius 1 is 1.03 bits per heavy atom. The Morgan fingerprint density at radius 3 is 2.39 bits per heavy atom. The molecule has 1 aliphatic rings. The van der Waals surface area contributed by atoms with Crippen molar-refractivity contribution in [1.29, 1.82) is 0 Å². The second-order valence-electron chi connectivity index (χ2n) is 8.62. The Hall–Kier alpha value is -2.58. The molecule has 0 atom stereocenters. The molecule has 2 aromatic rings. The number of rotatable bonds is 10. The monoisotopic (exact) mass is 474 g/mol. The third kappa shape index (κ3) is 6.95. The lowest BCUT2D eigenvalue weighted by molar-refractivity contribution is -0.123. The summed E-state index contributed by atoms with van der Waals surface area (Å²) in [5.74, 6) is 1.37. The lowest BCUT2D eigenvalue weighted by Crippen LogP contribution is -2.35. The van der Waals surface area contributed by atoms with Crippen LogP contribution in [-0.2, 0) is 14.8 Å². The number of nitrogens with one attached hydrogen (secondary N) is 1. The van der Waals surface area contributed by atoms with Crippen LogP contribution in [0, 0.1) is 6.92 Å². The van der Waals surface area contributed by atoms with Crippen LogP contribution in [0.4, 0.5) is 0 Å². The van der Waals surface area contributed by atoms with E-state index in [2.05, 4.69) is 19.2 Å². The van der Waals surface area contributed by atoms with E-state index in [9.17, 15) is 13.2 Å². The molecule has 1 amide bonds. The van der Waals surface area contributed by atoms with Crippen molar-refractivity contribution in [3.8, 4) is 11.5 Å². The first-order valence-electron chi connectivity index (χ1n) is 11.5. The third-order valence-electron chi connectivity index (χ3n) is 5.62. The largest absolute Gasteiger partial charge is 0.492 e. The van der Waals surface area contributed by atoms with Crippen molar-refractivity contribution < 1.29 is 22.7 Å². The van der Waals surface area contributed by atoms with E-state index in [1.807, 2.05) is 25.1 Å². The van der Waals surface area contributed by atoms with Gasteiger partial charge in [0.1, 0.15) is 18.1 Å². The molecule has 1 N–H and O–H groups in total. The Balaban J connectivity index is 1.42. The molecule has 1 heterocycles. The standard InChI is InChI=1S/C25H34N2O5S/c1-19(2)23-12-7-20(3)17-24(23)32-18-25(28)26-13-16-31-21-8-10-22(11-9-21)33(29,30)27-14-5-4-6-15-27/h7-12,17,19H,4-6,13-16,18H2,1-3H3,(H,26,28). The Morgan fingerprint density at radius 2 is 1.73 bits per heavy atom. The second kappa shape index (κ2) is 11.5. The van der Waals surface area contributed by atoms with Crippen LogP contribution in [0.15, 0.2) is 47.4 Å². The fourth-order valence-corrected chi connectivity index (χ4v) is 5.28. The molecule has 1 fully saturated rings. The van der Waals surface area contributed by atoms with E-state index in [0.29, 0.717) is 31.3 Å². The fourth-order valence-electron chi connectivity index (χ4n) is 3.76. The zero-order chi connectivity index (χ0) is 23.8. The molecule has 0 bridgehead atoms. The Bertz CT molecular complexity index is 1030. The summed E-state index contributed by atoms with van der Waals surface area (Å²) in [5, 5.41) is 2.77. The zero-order valence-electron chi connectivity index (χ0n) is 19.7. The second-order valence-corrected chi connectivity index (χ2v) is 10.6.